The van der Waals surface area contributed by atoms with E-state index in [1.54, 1.807) is 6.92 Å². The highest BCUT2D eigenvalue weighted by atomic mass is 32.2. The van der Waals surface area contributed by atoms with Crippen LogP contribution in [0.15, 0.2) is 17.0 Å². The Morgan fingerprint density at radius 1 is 1.53 bits per heavy atom. The molecule has 0 bridgehead atoms. The Balaban J connectivity index is 3.33. The molecule has 0 aromatic heterocycles. The SMILES string of the molecule is CCOC(=O)c1cc(OC)c(F)cc1S(=O)O. The summed E-state index contributed by atoms with van der Waals surface area (Å²) in [6.07, 6.45) is 0. The van der Waals surface area contributed by atoms with E-state index >= 15 is 0 Å². The third-order valence-electron chi connectivity index (χ3n) is 1.94. The minimum Gasteiger partial charge on any atom is -0.494 e. The molecule has 1 unspecified atom stereocenters. The number of esters is 1. The van der Waals surface area contributed by atoms with Gasteiger partial charge in [0, 0.05) is 0 Å². The first-order valence-electron chi connectivity index (χ1n) is 4.66. The first-order chi connectivity index (χ1) is 8.01. The van der Waals surface area contributed by atoms with E-state index in [1.807, 2.05) is 0 Å². The predicted octanol–water partition coefficient (Wildman–Crippen LogP) is 1.59. The Morgan fingerprint density at radius 3 is 2.65 bits per heavy atom. The number of carbonyl (C=O) groups is 1. The lowest BCUT2D eigenvalue weighted by atomic mass is 10.2. The lowest BCUT2D eigenvalue weighted by Gasteiger charge is -2.09. The van der Waals surface area contributed by atoms with E-state index in [0.717, 1.165) is 12.1 Å². The molecule has 0 aliphatic carbocycles. The van der Waals surface area contributed by atoms with Crippen molar-refractivity contribution in [2.75, 3.05) is 13.7 Å². The third-order valence-corrected chi connectivity index (χ3v) is 2.65. The summed E-state index contributed by atoms with van der Waals surface area (Å²) in [6.45, 7) is 1.70. The number of halogens is 1. The highest BCUT2D eigenvalue weighted by molar-refractivity contribution is 7.79. The molecular formula is C10H11FO5S. The van der Waals surface area contributed by atoms with Crippen LogP contribution in [0, 0.1) is 5.82 Å². The summed E-state index contributed by atoms with van der Waals surface area (Å²) in [5, 5.41) is 0. The van der Waals surface area contributed by atoms with Gasteiger partial charge in [-0.25, -0.2) is 13.4 Å². The fraction of sp³-hybridized carbons (Fsp3) is 0.300. The smallest absolute Gasteiger partial charge is 0.339 e. The quantitative estimate of drug-likeness (QED) is 0.659. The van der Waals surface area contributed by atoms with Gasteiger partial charge in [0.05, 0.1) is 24.2 Å². The molecule has 1 aromatic rings. The molecule has 0 aliphatic heterocycles. The molecule has 5 nitrogen and oxygen atoms in total. The van der Waals surface area contributed by atoms with Gasteiger partial charge in [-0.1, -0.05) is 0 Å². The van der Waals surface area contributed by atoms with E-state index in [9.17, 15) is 13.4 Å². The highest BCUT2D eigenvalue weighted by Crippen LogP contribution is 2.24. The van der Waals surface area contributed by atoms with Crippen molar-refractivity contribution in [1.29, 1.82) is 0 Å². The van der Waals surface area contributed by atoms with Crippen LogP contribution < -0.4 is 4.74 Å². The van der Waals surface area contributed by atoms with Gasteiger partial charge in [-0.2, -0.15) is 0 Å². The van der Waals surface area contributed by atoms with Crippen molar-refractivity contribution in [2.24, 2.45) is 0 Å². The van der Waals surface area contributed by atoms with Crippen molar-refractivity contribution < 1.29 is 27.4 Å². The summed E-state index contributed by atoms with van der Waals surface area (Å²) in [4.78, 5) is 11.2. The first kappa shape index (κ1) is 13.6. The lowest BCUT2D eigenvalue weighted by molar-refractivity contribution is 0.0521. The number of ether oxygens (including phenoxy) is 2. The number of benzene rings is 1. The van der Waals surface area contributed by atoms with Gasteiger partial charge in [0.2, 0.25) is 0 Å². The van der Waals surface area contributed by atoms with E-state index in [1.165, 1.54) is 7.11 Å². The van der Waals surface area contributed by atoms with Crippen molar-refractivity contribution in [3.8, 4) is 5.75 Å². The third kappa shape index (κ3) is 3.01. The van der Waals surface area contributed by atoms with Crippen molar-refractivity contribution in [2.45, 2.75) is 11.8 Å². The summed E-state index contributed by atoms with van der Waals surface area (Å²) in [5.74, 6) is -1.82. The van der Waals surface area contributed by atoms with Crippen LogP contribution in [-0.2, 0) is 15.8 Å². The standard InChI is InChI=1S/C10H11FO5S/c1-3-16-10(12)6-4-8(15-2)7(11)5-9(6)17(13)14/h4-5H,3H2,1-2H3,(H,13,14). The minimum absolute atomic E-state index is 0.107. The molecule has 1 atom stereocenters. The van der Waals surface area contributed by atoms with E-state index in [0.29, 0.717) is 0 Å². The zero-order valence-electron chi connectivity index (χ0n) is 9.23. The predicted molar refractivity (Wildman–Crippen MR) is 57.9 cm³/mol. The normalized spacial score (nSPS) is 12.0. The average molecular weight is 262 g/mol. The molecule has 0 amide bonds. The number of hydrogen-bond acceptors (Lipinski definition) is 4. The molecular weight excluding hydrogens is 251 g/mol. The maximum Gasteiger partial charge on any atom is 0.339 e. The fourth-order valence-corrected chi connectivity index (χ4v) is 1.74. The molecule has 1 rings (SSSR count). The molecule has 0 saturated carbocycles. The van der Waals surface area contributed by atoms with Crippen LogP contribution >= 0.6 is 0 Å². The minimum atomic E-state index is -2.48. The van der Waals surface area contributed by atoms with E-state index in [2.05, 4.69) is 4.74 Å². The maximum atomic E-state index is 13.3. The van der Waals surface area contributed by atoms with E-state index < -0.39 is 22.9 Å². The second kappa shape index (κ2) is 5.74. The molecule has 0 spiro atoms. The second-order valence-electron chi connectivity index (χ2n) is 2.95. The molecule has 0 aliphatic rings. The van der Waals surface area contributed by atoms with Gasteiger partial charge in [-0.05, 0) is 19.1 Å². The van der Waals surface area contributed by atoms with Gasteiger partial charge >= 0.3 is 5.97 Å². The van der Waals surface area contributed by atoms with Crippen LogP contribution in [-0.4, -0.2) is 28.4 Å². The van der Waals surface area contributed by atoms with Gasteiger partial charge in [0.15, 0.2) is 22.6 Å². The van der Waals surface area contributed by atoms with Crippen LogP contribution in [0.3, 0.4) is 0 Å². The molecule has 0 fully saturated rings. The largest absolute Gasteiger partial charge is 0.494 e. The van der Waals surface area contributed by atoms with Gasteiger partial charge in [0.25, 0.3) is 0 Å². The van der Waals surface area contributed by atoms with E-state index in [-0.39, 0.29) is 22.8 Å². The molecule has 7 heteroatoms. The molecule has 94 valence electrons. The Morgan fingerprint density at radius 2 is 2.18 bits per heavy atom. The fourth-order valence-electron chi connectivity index (χ4n) is 1.20. The lowest BCUT2D eigenvalue weighted by Crippen LogP contribution is -2.10. The van der Waals surface area contributed by atoms with Crippen molar-refractivity contribution >= 4 is 17.0 Å². The second-order valence-corrected chi connectivity index (χ2v) is 3.89. The summed E-state index contributed by atoms with van der Waals surface area (Å²) in [5.41, 5.74) is -0.189. The maximum absolute atomic E-state index is 13.3. The Hall–Kier alpha value is -1.47. The molecule has 1 aromatic carbocycles. The van der Waals surface area contributed by atoms with Gasteiger partial charge in [-0.3, -0.25) is 0 Å². The van der Waals surface area contributed by atoms with Crippen molar-refractivity contribution in [1.82, 2.24) is 0 Å². The zero-order chi connectivity index (χ0) is 13.0. The van der Waals surface area contributed by atoms with Gasteiger partial charge in [0.1, 0.15) is 0 Å². The van der Waals surface area contributed by atoms with Crippen LogP contribution in [0.1, 0.15) is 17.3 Å². The average Bonchev–Trinajstić information content (AvgIpc) is 2.28. The number of methoxy groups -OCH3 is 1. The summed E-state index contributed by atoms with van der Waals surface area (Å²) in [7, 11) is 1.23. The topological polar surface area (TPSA) is 72.8 Å². The Bertz CT molecular complexity index is 460. The summed E-state index contributed by atoms with van der Waals surface area (Å²) in [6, 6.07) is 1.82. The van der Waals surface area contributed by atoms with Gasteiger partial charge < -0.3 is 14.0 Å². The van der Waals surface area contributed by atoms with Crippen molar-refractivity contribution in [3.63, 3.8) is 0 Å². The number of hydrogen-bond donors (Lipinski definition) is 1. The van der Waals surface area contributed by atoms with Crippen LogP contribution in [0.2, 0.25) is 0 Å². The Kier molecular flexibility index (Phi) is 4.59. The molecule has 0 radical (unpaired) electrons. The Labute approximate surface area is 99.8 Å². The number of rotatable bonds is 4. The van der Waals surface area contributed by atoms with Crippen LogP contribution in [0.4, 0.5) is 4.39 Å². The van der Waals surface area contributed by atoms with Crippen LogP contribution in [0.25, 0.3) is 0 Å². The molecule has 1 N–H and O–H groups in total. The molecule has 0 saturated heterocycles. The molecule has 0 heterocycles. The van der Waals surface area contributed by atoms with Gasteiger partial charge in [-0.15, -0.1) is 0 Å². The van der Waals surface area contributed by atoms with Crippen molar-refractivity contribution in [3.05, 3.63) is 23.5 Å². The molecule has 17 heavy (non-hydrogen) atoms. The van der Waals surface area contributed by atoms with Crippen LogP contribution in [0.5, 0.6) is 5.75 Å². The first-order valence-corrected chi connectivity index (χ1v) is 5.77. The summed E-state index contributed by atoms with van der Waals surface area (Å²) >= 11 is -2.48. The summed E-state index contributed by atoms with van der Waals surface area (Å²) < 4.78 is 42.6. The monoisotopic (exact) mass is 262 g/mol. The number of carbonyl (C=O) groups excluding carboxylic acids is 1. The van der Waals surface area contributed by atoms with E-state index in [4.69, 9.17) is 9.29 Å². The highest BCUT2D eigenvalue weighted by Gasteiger charge is 2.20. The zero-order valence-corrected chi connectivity index (χ0v) is 10.0.